The summed E-state index contributed by atoms with van der Waals surface area (Å²) < 4.78 is 0. The normalized spacial score (nSPS) is 10.3. The van der Waals surface area contributed by atoms with Crippen LogP contribution in [0.4, 0.5) is 17.1 Å². The van der Waals surface area contributed by atoms with Crippen molar-refractivity contribution in [1.29, 1.82) is 0 Å². The van der Waals surface area contributed by atoms with E-state index in [1.54, 1.807) is 36.5 Å². The SMILES string of the molecule is CCN(c1ccccc1)c1ccnc(C(=O)Nc2cccc(Cl)c2)c1. The van der Waals surface area contributed by atoms with E-state index in [2.05, 4.69) is 22.1 Å². The van der Waals surface area contributed by atoms with Crippen LogP contribution in [0.1, 0.15) is 17.4 Å². The van der Waals surface area contributed by atoms with Crippen molar-refractivity contribution in [1.82, 2.24) is 4.98 Å². The Kier molecular flexibility index (Phi) is 5.31. The van der Waals surface area contributed by atoms with Crippen LogP contribution in [0.15, 0.2) is 72.9 Å². The van der Waals surface area contributed by atoms with Gasteiger partial charge in [-0.15, -0.1) is 0 Å². The number of rotatable bonds is 5. The molecule has 0 spiro atoms. The topological polar surface area (TPSA) is 45.2 Å². The number of benzene rings is 2. The van der Waals surface area contributed by atoms with Gasteiger partial charge in [-0.25, -0.2) is 0 Å². The van der Waals surface area contributed by atoms with Gasteiger partial charge in [0.2, 0.25) is 0 Å². The lowest BCUT2D eigenvalue weighted by Crippen LogP contribution is -2.18. The van der Waals surface area contributed by atoms with Crippen LogP contribution in [0.2, 0.25) is 5.02 Å². The second-order valence-corrected chi connectivity index (χ2v) is 5.88. The summed E-state index contributed by atoms with van der Waals surface area (Å²) in [5.74, 6) is -0.270. The van der Waals surface area contributed by atoms with Crippen LogP contribution in [0, 0.1) is 0 Å². The van der Waals surface area contributed by atoms with Gasteiger partial charge >= 0.3 is 0 Å². The average molecular weight is 352 g/mol. The molecule has 25 heavy (non-hydrogen) atoms. The first kappa shape index (κ1) is 17.0. The minimum absolute atomic E-state index is 0.270. The molecular weight excluding hydrogens is 334 g/mol. The number of nitrogens with one attached hydrogen (secondary N) is 1. The lowest BCUT2D eigenvalue weighted by atomic mass is 10.2. The maximum Gasteiger partial charge on any atom is 0.274 e. The number of nitrogens with zero attached hydrogens (tertiary/aromatic N) is 2. The predicted octanol–water partition coefficient (Wildman–Crippen LogP) is 5.15. The molecule has 0 unspecified atom stereocenters. The van der Waals surface area contributed by atoms with Gasteiger partial charge in [0.1, 0.15) is 5.69 Å². The van der Waals surface area contributed by atoms with Gasteiger partial charge in [-0.2, -0.15) is 0 Å². The molecule has 0 atom stereocenters. The Labute approximate surface area is 152 Å². The summed E-state index contributed by atoms with van der Waals surface area (Å²) in [5, 5.41) is 3.39. The van der Waals surface area contributed by atoms with E-state index in [1.165, 1.54) is 0 Å². The third-order valence-electron chi connectivity index (χ3n) is 3.75. The molecule has 0 aliphatic carbocycles. The molecule has 0 bridgehead atoms. The molecule has 4 nitrogen and oxygen atoms in total. The zero-order valence-electron chi connectivity index (χ0n) is 13.8. The number of hydrogen-bond donors (Lipinski definition) is 1. The van der Waals surface area contributed by atoms with Crippen LogP contribution in [0.25, 0.3) is 0 Å². The molecule has 0 fully saturated rings. The molecular formula is C20H18ClN3O. The summed E-state index contributed by atoms with van der Waals surface area (Å²) in [6.07, 6.45) is 1.65. The first-order valence-electron chi connectivity index (χ1n) is 8.03. The smallest absolute Gasteiger partial charge is 0.274 e. The lowest BCUT2D eigenvalue weighted by Gasteiger charge is -2.23. The Morgan fingerprint density at radius 1 is 1.04 bits per heavy atom. The summed E-state index contributed by atoms with van der Waals surface area (Å²) >= 11 is 5.95. The zero-order valence-corrected chi connectivity index (χ0v) is 14.6. The molecule has 0 saturated heterocycles. The predicted molar refractivity (Wildman–Crippen MR) is 103 cm³/mol. The van der Waals surface area contributed by atoms with Crippen molar-refractivity contribution in [3.8, 4) is 0 Å². The van der Waals surface area contributed by atoms with Crippen molar-refractivity contribution in [3.63, 3.8) is 0 Å². The van der Waals surface area contributed by atoms with Crippen LogP contribution in [-0.4, -0.2) is 17.4 Å². The van der Waals surface area contributed by atoms with Gasteiger partial charge in [0.25, 0.3) is 5.91 Å². The molecule has 0 aliphatic heterocycles. The molecule has 0 saturated carbocycles. The van der Waals surface area contributed by atoms with Crippen LogP contribution < -0.4 is 10.2 Å². The van der Waals surface area contributed by atoms with E-state index in [4.69, 9.17) is 11.6 Å². The zero-order chi connectivity index (χ0) is 17.6. The fraction of sp³-hybridized carbons (Fsp3) is 0.100. The minimum Gasteiger partial charge on any atom is -0.342 e. The summed E-state index contributed by atoms with van der Waals surface area (Å²) in [4.78, 5) is 18.8. The van der Waals surface area contributed by atoms with Gasteiger partial charge in [-0.3, -0.25) is 9.78 Å². The third kappa shape index (κ3) is 4.17. The number of amides is 1. The number of carbonyl (C=O) groups excluding carboxylic acids is 1. The summed E-state index contributed by atoms with van der Waals surface area (Å²) in [6.45, 7) is 2.85. The molecule has 0 aliphatic rings. The van der Waals surface area contributed by atoms with Crippen LogP contribution in [0.3, 0.4) is 0 Å². The molecule has 1 amide bonds. The number of halogens is 1. The molecule has 126 valence electrons. The largest absolute Gasteiger partial charge is 0.342 e. The Morgan fingerprint density at radius 3 is 2.56 bits per heavy atom. The first-order chi connectivity index (χ1) is 12.2. The highest BCUT2D eigenvalue weighted by molar-refractivity contribution is 6.30. The maximum atomic E-state index is 12.5. The average Bonchev–Trinajstić information content (AvgIpc) is 2.63. The Bertz CT molecular complexity index is 868. The van der Waals surface area contributed by atoms with Crippen molar-refractivity contribution in [3.05, 3.63) is 83.6 Å². The van der Waals surface area contributed by atoms with Crippen molar-refractivity contribution in [2.24, 2.45) is 0 Å². The summed E-state index contributed by atoms with van der Waals surface area (Å²) in [5.41, 5.74) is 2.98. The molecule has 3 rings (SSSR count). The van der Waals surface area contributed by atoms with Crippen LogP contribution in [0.5, 0.6) is 0 Å². The van der Waals surface area contributed by atoms with Gasteiger partial charge in [0.15, 0.2) is 0 Å². The van der Waals surface area contributed by atoms with Gasteiger partial charge in [-0.05, 0) is 49.4 Å². The number of anilines is 3. The van der Waals surface area contributed by atoms with Gasteiger partial charge in [-0.1, -0.05) is 35.9 Å². The number of para-hydroxylation sites is 1. The number of pyridine rings is 1. The van der Waals surface area contributed by atoms with Gasteiger partial charge < -0.3 is 10.2 Å². The highest BCUT2D eigenvalue weighted by Gasteiger charge is 2.12. The van der Waals surface area contributed by atoms with E-state index < -0.39 is 0 Å². The van der Waals surface area contributed by atoms with E-state index in [0.29, 0.717) is 16.4 Å². The van der Waals surface area contributed by atoms with E-state index in [-0.39, 0.29) is 5.91 Å². The number of carbonyl (C=O) groups is 1. The van der Waals surface area contributed by atoms with Crippen LogP contribution in [-0.2, 0) is 0 Å². The standard InChI is InChI=1S/C20H18ClN3O/c1-2-24(17-9-4-3-5-10-17)18-11-12-22-19(14-18)20(25)23-16-8-6-7-15(21)13-16/h3-14H,2H2,1H3,(H,23,25). The minimum atomic E-state index is -0.270. The summed E-state index contributed by atoms with van der Waals surface area (Å²) in [7, 11) is 0. The quantitative estimate of drug-likeness (QED) is 0.691. The number of hydrogen-bond acceptors (Lipinski definition) is 3. The highest BCUT2D eigenvalue weighted by Crippen LogP contribution is 2.25. The Morgan fingerprint density at radius 2 is 1.84 bits per heavy atom. The Balaban J connectivity index is 1.84. The molecule has 1 N–H and O–H groups in total. The monoisotopic (exact) mass is 351 g/mol. The van der Waals surface area contributed by atoms with Crippen molar-refractivity contribution < 1.29 is 4.79 Å². The van der Waals surface area contributed by atoms with Crippen molar-refractivity contribution in [2.75, 3.05) is 16.8 Å². The van der Waals surface area contributed by atoms with E-state index >= 15 is 0 Å². The second kappa shape index (κ2) is 7.81. The van der Waals surface area contributed by atoms with E-state index in [0.717, 1.165) is 17.9 Å². The van der Waals surface area contributed by atoms with E-state index in [9.17, 15) is 4.79 Å². The molecule has 1 aromatic heterocycles. The fourth-order valence-corrected chi connectivity index (χ4v) is 2.79. The fourth-order valence-electron chi connectivity index (χ4n) is 2.59. The molecule has 2 aromatic carbocycles. The van der Waals surface area contributed by atoms with Crippen molar-refractivity contribution in [2.45, 2.75) is 6.92 Å². The maximum absolute atomic E-state index is 12.5. The van der Waals surface area contributed by atoms with Crippen molar-refractivity contribution >= 4 is 34.6 Å². The molecule has 3 aromatic rings. The lowest BCUT2D eigenvalue weighted by molar-refractivity contribution is 0.102. The van der Waals surface area contributed by atoms with E-state index in [1.807, 2.05) is 36.4 Å². The van der Waals surface area contributed by atoms with Crippen LogP contribution >= 0.6 is 11.6 Å². The summed E-state index contributed by atoms with van der Waals surface area (Å²) in [6, 6.07) is 20.8. The third-order valence-corrected chi connectivity index (χ3v) is 3.99. The molecule has 1 heterocycles. The first-order valence-corrected chi connectivity index (χ1v) is 8.40. The van der Waals surface area contributed by atoms with Gasteiger partial charge in [0.05, 0.1) is 0 Å². The Hall–Kier alpha value is -2.85. The van der Waals surface area contributed by atoms with Gasteiger partial charge in [0, 0.05) is 34.8 Å². The second-order valence-electron chi connectivity index (χ2n) is 5.44. The molecule has 0 radical (unpaired) electrons. The molecule has 5 heteroatoms. The number of aromatic nitrogens is 1. The highest BCUT2D eigenvalue weighted by atomic mass is 35.5.